The van der Waals surface area contributed by atoms with Crippen molar-refractivity contribution in [1.29, 1.82) is 0 Å². The Kier molecular flexibility index (Phi) is 5.63. The number of ether oxygens (including phenoxy) is 1. The second-order valence-corrected chi connectivity index (χ2v) is 6.69. The van der Waals surface area contributed by atoms with Crippen LogP contribution in [0.4, 0.5) is 0 Å². The Morgan fingerprint density at radius 2 is 2.16 bits per heavy atom. The minimum Gasteiger partial charge on any atom is -0.385 e. The predicted octanol–water partition coefficient (Wildman–Crippen LogP) is 3.68. The molecule has 0 aliphatic carbocycles. The van der Waals surface area contributed by atoms with Gasteiger partial charge in [-0.05, 0) is 48.6 Å². The molecule has 0 aliphatic rings. The number of rotatable bonds is 7. The normalized spacial score (nSPS) is 10.8. The van der Waals surface area contributed by atoms with E-state index in [-0.39, 0.29) is 5.91 Å². The molecule has 0 fully saturated rings. The molecule has 0 radical (unpaired) electrons. The maximum Gasteiger partial charge on any atom is 0.270 e. The van der Waals surface area contributed by atoms with E-state index < -0.39 is 0 Å². The lowest BCUT2D eigenvalue weighted by Crippen LogP contribution is -2.27. The van der Waals surface area contributed by atoms with E-state index in [1.807, 2.05) is 54.8 Å². The smallest absolute Gasteiger partial charge is 0.270 e. The van der Waals surface area contributed by atoms with Gasteiger partial charge in [0.2, 0.25) is 0 Å². The molecule has 6 heteroatoms. The minimum absolute atomic E-state index is 0.132. The molecule has 5 nitrogen and oxygen atoms in total. The number of thiophene rings is 1. The van der Waals surface area contributed by atoms with Gasteiger partial charge in [0.15, 0.2) is 0 Å². The fourth-order valence-electron chi connectivity index (χ4n) is 2.55. The van der Waals surface area contributed by atoms with E-state index in [2.05, 4.69) is 10.4 Å². The quantitative estimate of drug-likeness (QED) is 0.658. The SMILES string of the molecule is COCCCNC(=O)c1cc(-c2cccs2)nn1-c1cccc(C)c1. The molecule has 0 aliphatic heterocycles. The molecule has 0 atom stereocenters. The van der Waals surface area contributed by atoms with Gasteiger partial charge < -0.3 is 10.1 Å². The Morgan fingerprint density at radius 3 is 2.88 bits per heavy atom. The lowest BCUT2D eigenvalue weighted by Gasteiger charge is -2.09. The predicted molar refractivity (Wildman–Crippen MR) is 100 cm³/mol. The van der Waals surface area contributed by atoms with Crippen LogP contribution in [-0.2, 0) is 4.74 Å². The maximum atomic E-state index is 12.7. The number of amides is 1. The van der Waals surface area contributed by atoms with Gasteiger partial charge in [-0.1, -0.05) is 18.2 Å². The van der Waals surface area contributed by atoms with E-state index in [1.54, 1.807) is 23.1 Å². The molecule has 1 aromatic carbocycles. The van der Waals surface area contributed by atoms with Crippen LogP contribution in [0.25, 0.3) is 16.3 Å². The van der Waals surface area contributed by atoms with Crippen molar-refractivity contribution in [2.45, 2.75) is 13.3 Å². The average Bonchev–Trinajstić information content (AvgIpc) is 3.27. The number of carbonyl (C=O) groups is 1. The summed E-state index contributed by atoms with van der Waals surface area (Å²) < 4.78 is 6.74. The summed E-state index contributed by atoms with van der Waals surface area (Å²) in [5.74, 6) is -0.132. The van der Waals surface area contributed by atoms with Gasteiger partial charge in [0.25, 0.3) is 5.91 Å². The Bertz CT molecular complexity index is 840. The fraction of sp³-hybridized carbons (Fsp3) is 0.263. The summed E-state index contributed by atoms with van der Waals surface area (Å²) in [6, 6.07) is 13.8. The largest absolute Gasteiger partial charge is 0.385 e. The third-order valence-corrected chi connectivity index (χ3v) is 4.67. The van der Waals surface area contributed by atoms with Crippen molar-refractivity contribution in [1.82, 2.24) is 15.1 Å². The molecule has 25 heavy (non-hydrogen) atoms. The molecule has 1 N–H and O–H groups in total. The molecule has 3 aromatic rings. The second-order valence-electron chi connectivity index (χ2n) is 5.75. The lowest BCUT2D eigenvalue weighted by atomic mass is 10.2. The number of nitrogens with one attached hydrogen (secondary N) is 1. The van der Waals surface area contributed by atoms with Crippen LogP contribution in [0, 0.1) is 6.92 Å². The van der Waals surface area contributed by atoms with Crippen molar-refractivity contribution < 1.29 is 9.53 Å². The molecule has 0 spiro atoms. The van der Waals surface area contributed by atoms with Crippen LogP contribution >= 0.6 is 11.3 Å². The summed E-state index contributed by atoms with van der Waals surface area (Å²) in [5, 5.41) is 9.62. The number of hydrogen-bond donors (Lipinski definition) is 1. The molecule has 130 valence electrons. The van der Waals surface area contributed by atoms with Crippen molar-refractivity contribution in [3.63, 3.8) is 0 Å². The average molecular weight is 355 g/mol. The van der Waals surface area contributed by atoms with Crippen molar-refractivity contribution in [2.24, 2.45) is 0 Å². The molecule has 3 rings (SSSR count). The highest BCUT2D eigenvalue weighted by Crippen LogP contribution is 2.26. The molecular weight excluding hydrogens is 334 g/mol. The van der Waals surface area contributed by atoms with Crippen molar-refractivity contribution in [2.75, 3.05) is 20.3 Å². The molecule has 0 saturated heterocycles. The first kappa shape index (κ1) is 17.4. The number of methoxy groups -OCH3 is 1. The van der Waals surface area contributed by atoms with Crippen LogP contribution in [-0.4, -0.2) is 35.9 Å². The molecule has 2 heterocycles. The van der Waals surface area contributed by atoms with Gasteiger partial charge >= 0.3 is 0 Å². The first-order chi connectivity index (χ1) is 12.2. The van der Waals surface area contributed by atoms with Crippen LogP contribution in [0.3, 0.4) is 0 Å². The van der Waals surface area contributed by atoms with Gasteiger partial charge in [-0.2, -0.15) is 5.10 Å². The van der Waals surface area contributed by atoms with E-state index in [1.165, 1.54) is 0 Å². The number of aryl methyl sites for hydroxylation is 1. The third kappa shape index (κ3) is 4.15. The number of aromatic nitrogens is 2. The zero-order chi connectivity index (χ0) is 17.6. The van der Waals surface area contributed by atoms with Gasteiger partial charge in [0.05, 0.1) is 10.6 Å². The van der Waals surface area contributed by atoms with E-state index >= 15 is 0 Å². The van der Waals surface area contributed by atoms with Gasteiger partial charge in [-0.25, -0.2) is 4.68 Å². The second kappa shape index (κ2) is 8.09. The third-order valence-electron chi connectivity index (χ3n) is 3.77. The van der Waals surface area contributed by atoms with E-state index in [4.69, 9.17) is 4.74 Å². The Hall–Kier alpha value is -2.44. The molecule has 1 amide bonds. The van der Waals surface area contributed by atoms with Crippen molar-refractivity contribution in [3.8, 4) is 16.3 Å². The van der Waals surface area contributed by atoms with Gasteiger partial charge in [-0.15, -0.1) is 11.3 Å². The van der Waals surface area contributed by atoms with Crippen molar-refractivity contribution in [3.05, 3.63) is 59.1 Å². The standard InChI is InChI=1S/C19H21N3O2S/c1-14-6-3-7-15(12-14)22-17(19(23)20-9-5-10-24-2)13-16(21-22)18-8-4-11-25-18/h3-4,6-8,11-13H,5,9-10H2,1-2H3,(H,20,23). The van der Waals surface area contributed by atoms with E-state index in [0.717, 1.165) is 28.2 Å². The first-order valence-electron chi connectivity index (χ1n) is 8.17. The molecular formula is C19H21N3O2S. The summed E-state index contributed by atoms with van der Waals surface area (Å²) in [5.41, 5.74) is 3.34. The van der Waals surface area contributed by atoms with Crippen LogP contribution < -0.4 is 5.32 Å². The summed E-state index contributed by atoms with van der Waals surface area (Å²) in [6.07, 6.45) is 0.776. The van der Waals surface area contributed by atoms with E-state index in [0.29, 0.717) is 18.8 Å². The Balaban J connectivity index is 1.93. The zero-order valence-electron chi connectivity index (χ0n) is 14.4. The molecule has 0 bridgehead atoms. The summed E-state index contributed by atoms with van der Waals surface area (Å²) in [6.45, 7) is 3.22. The Morgan fingerprint density at radius 1 is 1.28 bits per heavy atom. The molecule has 0 unspecified atom stereocenters. The highest BCUT2D eigenvalue weighted by molar-refractivity contribution is 7.13. The number of carbonyl (C=O) groups excluding carboxylic acids is 1. The molecule has 0 saturated carbocycles. The van der Waals surface area contributed by atoms with Crippen LogP contribution in [0.2, 0.25) is 0 Å². The first-order valence-corrected chi connectivity index (χ1v) is 9.05. The van der Waals surface area contributed by atoms with Gasteiger partial charge in [0.1, 0.15) is 11.4 Å². The highest BCUT2D eigenvalue weighted by Gasteiger charge is 2.17. The minimum atomic E-state index is -0.132. The van der Waals surface area contributed by atoms with Crippen LogP contribution in [0.15, 0.2) is 47.8 Å². The number of nitrogens with zero attached hydrogens (tertiary/aromatic N) is 2. The Labute approximate surface area is 151 Å². The maximum absolute atomic E-state index is 12.7. The lowest BCUT2D eigenvalue weighted by molar-refractivity contribution is 0.0941. The topological polar surface area (TPSA) is 56.1 Å². The number of hydrogen-bond acceptors (Lipinski definition) is 4. The zero-order valence-corrected chi connectivity index (χ0v) is 15.2. The monoisotopic (exact) mass is 355 g/mol. The van der Waals surface area contributed by atoms with Crippen LogP contribution in [0.1, 0.15) is 22.5 Å². The van der Waals surface area contributed by atoms with Gasteiger partial charge in [0, 0.05) is 20.3 Å². The number of benzene rings is 1. The van der Waals surface area contributed by atoms with Gasteiger partial charge in [-0.3, -0.25) is 4.79 Å². The van der Waals surface area contributed by atoms with E-state index in [9.17, 15) is 4.79 Å². The molecule has 2 aromatic heterocycles. The van der Waals surface area contributed by atoms with Crippen molar-refractivity contribution >= 4 is 17.2 Å². The fourth-order valence-corrected chi connectivity index (χ4v) is 3.23. The summed E-state index contributed by atoms with van der Waals surface area (Å²) in [4.78, 5) is 13.7. The summed E-state index contributed by atoms with van der Waals surface area (Å²) >= 11 is 1.61. The summed E-state index contributed by atoms with van der Waals surface area (Å²) in [7, 11) is 1.65. The van der Waals surface area contributed by atoms with Crippen LogP contribution in [0.5, 0.6) is 0 Å². The highest BCUT2D eigenvalue weighted by atomic mass is 32.1.